The number of nitrogens with zero attached hydrogens (tertiary/aromatic N) is 2. The lowest BCUT2D eigenvalue weighted by molar-refractivity contribution is -0.155. The fourth-order valence-electron chi connectivity index (χ4n) is 2.51. The van der Waals surface area contributed by atoms with Crippen LogP contribution < -0.4 is 5.73 Å². The van der Waals surface area contributed by atoms with Crippen LogP contribution in [0.2, 0.25) is 0 Å². The van der Waals surface area contributed by atoms with Gasteiger partial charge >= 0.3 is 11.8 Å². The minimum absolute atomic E-state index is 0.263. The molecule has 1 unspecified atom stereocenters. The molecule has 0 saturated carbocycles. The highest BCUT2D eigenvalue weighted by Gasteiger charge is 2.31. The molecule has 1 atom stereocenters. The molecule has 1 fully saturated rings. The minimum atomic E-state index is -0.457. The lowest BCUT2D eigenvalue weighted by atomic mass is 10.0. The second-order valence-corrected chi connectivity index (χ2v) is 5.58. The van der Waals surface area contributed by atoms with Gasteiger partial charge < -0.3 is 15.5 Å². The van der Waals surface area contributed by atoms with Crippen LogP contribution in [0, 0.1) is 0 Å². The molecule has 1 aromatic rings. The van der Waals surface area contributed by atoms with Crippen LogP contribution in [0.25, 0.3) is 0 Å². The molecule has 1 saturated heterocycles. The minimum Gasteiger partial charge on any atom is -0.336 e. The van der Waals surface area contributed by atoms with Crippen LogP contribution in [0.3, 0.4) is 0 Å². The van der Waals surface area contributed by atoms with E-state index in [2.05, 4.69) is 19.1 Å². The van der Waals surface area contributed by atoms with Crippen LogP contribution in [0.5, 0.6) is 0 Å². The molecule has 1 aromatic carbocycles. The lowest BCUT2D eigenvalue weighted by Crippen LogP contribution is -2.54. The number of nitrogens with two attached hydrogens (primary N) is 1. The second kappa shape index (κ2) is 6.72. The molecule has 2 N–H and O–H groups in total. The topological polar surface area (TPSA) is 66.6 Å². The maximum Gasteiger partial charge on any atom is 0.312 e. The summed E-state index contributed by atoms with van der Waals surface area (Å²) in [6, 6.07) is 7.92. The van der Waals surface area contributed by atoms with E-state index in [0.29, 0.717) is 19.6 Å². The Morgan fingerprint density at radius 2 is 1.81 bits per heavy atom. The van der Waals surface area contributed by atoms with E-state index in [1.807, 2.05) is 12.1 Å². The zero-order valence-electron chi connectivity index (χ0n) is 12.7. The van der Waals surface area contributed by atoms with Gasteiger partial charge in [-0.15, -0.1) is 0 Å². The molecule has 5 nitrogen and oxygen atoms in total. The first-order valence-corrected chi connectivity index (χ1v) is 7.41. The number of rotatable bonds is 5. The van der Waals surface area contributed by atoms with E-state index in [9.17, 15) is 9.59 Å². The predicted molar refractivity (Wildman–Crippen MR) is 81.6 cm³/mol. The molecule has 1 aliphatic heterocycles. The molecule has 1 aliphatic rings. The van der Waals surface area contributed by atoms with E-state index in [0.717, 1.165) is 18.4 Å². The normalized spacial score (nSPS) is 17.3. The Hall–Kier alpha value is -1.88. The monoisotopic (exact) mass is 289 g/mol. The number of amides is 2. The van der Waals surface area contributed by atoms with Gasteiger partial charge in [0.25, 0.3) is 0 Å². The molecule has 0 aromatic heterocycles. The van der Waals surface area contributed by atoms with Gasteiger partial charge in [0.1, 0.15) is 0 Å². The van der Waals surface area contributed by atoms with Gasteiger partial charge in [-0.05, 0) is 17.5 Å². The van der Waals surface area contributed by atoms with Crippen molar-refractivity contribution in [1.82, 2.24) is 9.80 Å². The number of hydrogen-bond donors (Lipinski definition) is 1. The number of piperazine rings is 1. The molecule has 114 valence electrons. The molecule has 0 bridgehead atoms. The number of carbonyl (C=O) groups excluding carboxylic acids is 2. The molecule has 0 aliphatic carbocycles. The molecule has 0 radical (unpaired) electrons. The van der Waals surface area contributed by atoms with Crippen molar-refractivity contribution in [3.63, 3.8) is 0 Å². The maximum atomic E-state index is 11.9. The number of carbonyl (C=O) groups is 2. The summed E-state index contributed by atoms with van der Waals surface area (Å²) in [7, 11) is 1.64. The number of benzene rings is 1. The summed E-state index contributed by atoms with van der Waals surface area (Å²) in [6.45, 7) is 3.64. The third kappa shape index (κ3) is 3.61. The number of likely N-dealkylation sites (N-methyl/N-ethyl adjacent to an activating group) is 1. The Bertz CT molecular complexity index is 513. The van der Waals surface area contributed by atoms with Crippen molar-refractivity contribution in [3.05, 3.63) is 35.4 Å². The first-order valence-electron chi connectivity index (χ1n) is 7.41. The van der Waals surface area contributed by atoms with Crippen LogP contribution >= 0.6 is 0 Å². The fraction of sp³-hybridized carbons (Fsp3) is 0.500. The SMILES string of the molecule is CCCc1ccc(C(N)CN2CCN(C)C(=O)C2=O)cc1. The largest absolute Gasteiger partial charge is 0.336 e. The summed E-state index contributed by atoms with van der Waals surface area (Å²) in [4.78, 5) is 26.6. The molecule has 2 rings (SSSR count). The Kier molecular flexibility index (Phi) is 4.96. The molecule has 5 heteroatoms. The summed E-state index contributed by atoms with van der Waals surface area (Å²) in [5.74, 6) is -0.909. The zero-order valence-corrected chi connectivity index (χ0v) is 12.7. The van der Waals surface area contributed by atoms with Crippen molar-refractivity contribution in [2.45, 2.75) is 25.8 Å². The first kappa shape index (κ1) is 15.5. The Morgan fingerprint density at radius 1 is 1.14 bits per heavy atom. The van der Waals surface area contributed by atoms with Gasteiger partial charge in [-0.2, -0.15) is 0 Å². The van der Waals surface area contributed by atoms with Crippen molar-refractivity contribution in [1.29, 1.82) is 0 Å². The summed E-state index contributed by atoms with van der Waals surface area (Å²) < 4.78 is 0. The molecular formula is C16H23N3O2. The van der Waals surface area contributed by atoms with Crippen molar-refractivity contribution in [3.8, 4) is 0 Å². The molecule has 21 heavy (non-hydrogen) atoms. The first-order chi connectivity index (χ1) is 10.0. The van der Waals surface area contributed by atoms with Gasteiger partial charge in [0.05, 0.1) is 0 Å². The van der Waals surface area contributed by atoms with Gasteiger partial charge in [0.15, 0.2) is 0 Å². The fourth-order valence-corrected chi connectivity index (χ4v) is 2.51. The Labute approximate surface area is 125 Å². The smallest absolute Gasteiger partial charge is 0.312 e. The van der Waals surface area contributed by atoms with Gasteiger partial charge in [-0.3, -0.25) is 9.59 Å². The average molecular weight is 289 g/mol. The molecule has 0 spiro atoms. The van der Waals surface area contributed by atoms with Crippen molar-refractivity contribution < 1.29 is 9.59 Å². The summed E-state index contributed by atoms with van der Waals surface area (Å²) in [5, 5.41) is 0. The Balaban J connectivity index is 1.99. The van der Waals surface area contributed by atoms with E-state index in [-0.39, 0.29) is 6.04 Å². The van der Waals surface area contributed by atoms with E-state index < -0.39 is 11.8 Å². The maximum absolute atomic E-state index is 11.9. The van der Waals surface area contributed by atoms with Gasteiger partial charge in [-0.1, -0.05) is 37.6 Å². The van der Waals surface area contributed by atoms with Crippen LogP contribution in [0.1, 0.15) is 30.5 Å². The van der Waals surface area contributed by atoms with Gasteiger partial charge in [0.2, 0.25) is 0 Å². The average Bonchev–Trinajstić information content (AvgIpc) is 2.49. The van der Waals surface area contributed by atoms with Gasteiger partial charge in [-0.25, -0.2) is 0 Å². The summed E-state index contributed by atoms with van der Waals surface area (Å²) in [5.41, 5.74) is 8.46. The van der Waals surface area contributed by atoms with E-state index in [4.69, 9.17) is 5.73 Å². The van der Waals surface area contributed by atoms with Crippen LogP contribution in [0.4, 0.5) is 0 Å². The van der Waals surface area contributed by atoms with Crippen LogP contribution in [0.15, 0.2) is 24.3 Å². The molecular weight excluding hydrogens is 266 g/mol. The van der Waals surface area contributed by atoms with E-state index in [1.54, 1.807) is 11.9 Å². The standard InChI is InChI=1S/C16H23N3O2/c1-3-4-12-5-7-13(8-6-12)14(17)11-19-10-9-18(2)15(20)16(19)21/h5-8,14H,3-4,9-11,17H2,1-2H3. The highest BCUT2D eigenvalue weighted by molar-refractivity contribution is 6.35. The van der Waals surface area contributed by atoms with Crippen molar-refractivity contribution >= 4 is 11.8 Å². The summed E-state index contributed by atoms with van der Waals surface area (Å²) in [6.07, 6.45) is 2.17. The number of aryl methyl sites for hydroxylation is 1. The molecule has 1 heterocycles. The third-order valence-corrected chi connectivity index (χ3v) is 3.89. The summed E-state index contributed by atoms with van der Waals surface area (Å²) >= 11 is 0. The highest BCUT2D eigenvalue weighted by Crippen LogP contribution is 2.15. The highest BCUT2D eigenvalue weighted by atomic mass is 16.2. The van der Waals surface area contributed by atoms with Crippen LogP contribution in [-0.2, 0) is 16.0 Å². The zero-order chi connectivity index (χ0) is 15.4. The lowest BCUT2D eigenvalue weighted by Gasteiger charge is -2.33. The Morgan fingerprint density at radius 3 is 2.43 bits per heavy atom. The van der Waals surface area contributed by atoms with E-state index in [1.165, 1.54) is 10.5 Å². The van der Waals surface area contributed by atoms with Crippen molar-refractivity contribution in [2.24, 2.45) is 5.73 Å². The third-order valence-electron chi connectivity index (χ3n) is 3.89. The molecule has 2 amide bonds. The van der Waals surface area contributed by atoms with Crippen LogP contribution in [-0.4, -0.2) is 48.3 Å². The second-order valence-electron chi connectivity index (χ2n) is 5.58. The van der Waals surface area contributed by atoms with Crippen molar-refractivity contribution in [2.75, 3.05) is 26.7 Å². The number of hydrogen-bond acceptors (Lipinski definition) is 3. The van der Waals surface area contributed by atoms with Gasteiger partial charge in [0, 0.05) is 32.7 Å². The van der Waals surface area contributed by atoms with E-state index >= 15 is 0 Å². The predicted octanol–water partition coefficient (Wildman–Crippen LogP) is 0.940. The quantitative estimate of drug-likeness (QED) is 0.820.